The first kappa shape index (κ1) is 10.0. The summed E-state index contributed by atoms with van der Waals surface area (Å²) in [6.45, 7) is 6.15. The zero-order chi connectivity index (χ0) is 9.03. The third kappa shape index (κ3) is 2.76. The summed E-state index contributed by atoms with van der Waals surface area (Å²) < 4.78 is 5.41. The van der Waals surface area contributed by atoms with Crippen LogP contribution in [0.2, 0.25) is 0 Å². The molecular formula is C10H21NO. The number of hydrogen-bond donors (Lipinski definition) is 1. The van der Waals surface area contributed by atoms with Gasteiger partial charge in [0.2, 0.25) is 0 Å². The van der Waals surface area contributed by atoms with E-state index in [4.69, 9.17) is 10.5 Å². The van der Waals surface area contributed by atoms with Crippen LogP contribution in [0.15, 0.2) is 0 Å². The second kappa shape index (κ2) is 4.24. The molecule has 1 saturated heterocycles. The molecule has 2 N–H and O–H groups in total. The monoisotopic (exact) mass is 171 g/mol. The summed E-state index contributed by atoms with van der Waals surface area (Å²) in [5, 5.41) is 0. The van der Waals surface area contributed by atoms with Gasteiger partial charge in [0.05, 0.1) is 6.61 Å². The van der Waals surface area contributed by atoms with E-state index in [1.54, 1.807) is 0 Å². The summed E-state index contributed by atoms with van der Waals surface area (Å²) in [6, 6.07) is 0. The maximum atomic E-state index is 6.21. The van der Waals surface area contributed by atoms with Crippen molar-refractivity contribution in [3.05, 3.63) is 0 Å². The lowest BCUT2D eigenvalue weighted by atomic mass is 9.84. The predicted molar refractivity (Wildman–Crippen MR) is 51.0 cm³/mol. The van der Waals surface area contributed by atoms with Crippen LogP contribution in [0, 0.1) is 5.92 Å². The van der Waals surface area contributed by atoms with E-state index in [0.717, 1.165) is 38.4 Å². The Morgan fingerprint density at radius 1 is 1.58 bits per heavy atom. The molecule has 1 aliphatic heterocycles. The molecule has 0 amide bonds. The molecule has 2 heteroatoms. The third-order valence-corrected chi connectivity index (χ3v) is 2.80. The Morgan fingerprint density at radius 2 is 2.33 bits per heavy atom. The average molecular weight is 171 g/mol. The molecule has 0 bridgehead atoms. The first-order chi connectivity index (χ1) is 5.66. The molecule has 0 aromatic carbocycles. The Kier molecular flexibility index (Phi) is 3.53. The van der Waals surface area contributed by atoms with E-state index < -0.39 is 0 Å². The highest BCUT2D eigenvalue weighted by molar-refractivity contribution is 4.87. The van der Waals surface area contributed by atoms with Gasteiger partial charge in [-0.15, -0.1) is 0 Å². The molecule has 0 aromatic heterocycles. The molecule has 1 heterocycles. The van der Waals surface area contributed by atoms with Gasteiger partial charge < -0.3 is 10.5 Å². The Balaban J connectivity index is 2.35. The lowest BCUT2D eigenvalue weighted by Crippen LogP contribution is -2.48. The van der Waals surface area contributed by atoms with Crippen molar-refractivity contribution in [3.8, 4) is 0 Å². The highest BCUT2D eigenvalue weighted by atomic mass is 16.5. The van der Waals surface area contributed by atoms with Gasteiger partial charge in [0.25, 0.3) is 0 Å². The molecule has 2 atom stereocenters. The smallest absolute Gasteiger partial charge is 0.0646 e. The van der Waals surface area contributed by atoms with Crippen molar-refractivity contribution < 1.29 is 4.74 Å². The fraction of sp³-hybridized carbons (Fsp3) is 1.00. The fourth-order valence-electron chi connectivity index (χ4n) is 1.87. The van der Waals surface area contributed by atoms with Gasteiger partial charge >= 0.3 is 0 Å². The lowest BCUT2D eigenvalue weighted by Gasteiger charge is -2.35. The van der Waals surface area contributed by atoms with E-state index in [2.05, 4.69) is 13.8 Å². The molecule has 0 spiro atoms. The van der Waals surface area contributed by atoms with E-state index in [-0.39, 0.29) is 5.54 Å². The van der Waals surface area contributed by atoms with Gasteiger partial charge in [-0.25, -0.2) is 0 Å². The summed E-state index contributed by atoms with van der Waals surface area (Å²) in [6.07, 6.45) is 4.60. The molecule has 0 saturated carbocycles. The van der Waals surface area contributed by atoms with Crippen LogP contribution in [0.4, 0.5) is 0 Å². The van der Waals surface area contributed by atoms with Crippen molar-refractivity contribution in [2.24, 2.45) is 11.7 Å². The lowest BCUT2D eigenvalue weighted by molar-refractivity contribution is 0.0281. The normalized spacial score (nSPS) is 33.2. The van der Waals surface area contributed by atoms with Crippen LogP contribution in [0.1, 0.15) is 39.5 Å². The number of rotatable bonds is 3. The number of ether oxygens (including phenoxy) is 1. The van der Waals surface area contributed by atoms with E-state index >= 15 is 0 Å². The standard InChI is InChI=1S/C10H21NO/c1-3-9(2)7-10(11)5-4-6-12-8-10/h9H,3-8,11H2,1-2H3. The maximum absolute atomic E-state index is 6.21. The maximum Gasteiger partial charge on any atom is 0.0646 e. The van der Waals surface area contributed by atoms with Crippen molar-refractivity contribution in [1.29, 1.82) is 0 Å². The minimum Gasteiger partial charge on any atom is -0.380 e. The quantitative estimate of drug-likeness (QED) is 0.704. The highest BCUT2D eigenvalue weighted by Crippen LogP contribution is 2.25. The van der Waals surface area contributed by atoms with Crippen LogP contribution in [0.25, 0.3) is 0 Å². The highest BCUT2D eigenvalue weighted by Gasteiger charge is 2.29. The first-order valence-corrected chi connectivity index (χ1v) is 5.03. The summed E-state index contributed by atoms with van der Waals surface area (Å²) in [5.41, 5.74) is 6.19. The van der Waals surface area contributed by atoms with Crippen LogP contribution in [-0.4, -0.2) is 18.8 Å². The van der Waals surface area contributed by atoms with Crippen molar-refractivity contribution in [2.45, 2.75) is 45.1 Å². The summed E-state index contributed by atoms with van der Waals surface area (Å²) in [4.78, 5) is 0. The molecule has 0 radical (unpaired) electrons. The third-order valence-electron chi connectivity index (χ3n) is 2.80. The van der Waals surface area contributed by atoms with Gasteiger partial charge in [-0.2, -0.15) is 0 Å². The molecule has 12 heavy (non-hydrogen) atoms. The van der Waals surface area contributed by atoms with E-state index in [9.17, 15) is 0 Å². The van der Waals surface area contributed by atoms with Crippen molar-refractivity contribution in [2.75, 3.05) is 13.2 Å². The molecule has 1 fully saturated rings. The number of hydrogen-bond acceptors (Lipinski definition) is 2. The van der Waals surface area contributed by atoms with Crippen LogP contribution in [0.5, 0.6) is 0 Å². The molecular weight excluding hydrogens is 150 g/mol. The van der Waals surface area contributed by atoms with Crippen LogP contribution < -0.4 is 5.73 Å². The SMILES string of the molecule is CCC(C)CC1(N)CCCOC1. The molecule has 1 rings (SSSR count). The van der Waals surface area contributed by atoms with Gasteiger partial charge in [0.1, 0.15) is 0 Å². The molecule has 0 aliphatic carbocycles. The van der Waals surface area contributed by atoms with E-state index in [1.165, 1.54) is 6.42 Å². The van der Waals surface area contributed by atoms with Gasteiger partial charge in [-0.1, -0.05) is 20.3 Å². The Morgan fingerprint density at radius 3 is 2.83 bits per heavy atom. The van der Waals surface area contributed by atoms with Gasteiger partial charge in [-0.3, -0.25) is 0 Å². The van der Waals surface area contributed by atoms with Crippen molar-refractivity contribution in [1.82, 2.24) is 0 Å². The van der Waals surface area contributed by atoms with Crippen LogP contribution >= 0.6 is 0 Å². The minimum absolute atomic E-state index is 0.0202. The largest absolute Gasteiger partial charge is 0.380 e. The zero-order valence-electron chi connectivity index (χ0n) is 8.31. The summed E-state index contributed by atoms with van der Waals surface area (Å²) in [7, 11) is 0. The Labute approximate surface area is 75.5 Å². The van der Waals surface area contributed by atoms with Crippen LogP contribution in [-0.2, 0) is 4.74 Å². The van der Waals surface area contributed by atoms with Gasteiger partial charge in [0.15, 0.2) is 0 Å². The Bertz CT molecular complexity index is 130. The van der Waals surface area contributed by atoms with E-state index in [0.29, 0.717) is 0 Å². The molecule has 1 aliphatic rings. The minimum atomic E-state index is -0.0202. The summed E-state index contributed by atoms with van der Waals surface area (Å²) in [5.74, 6) is 0.733. The molecule has 2 unspecified atom stereocenters. The number of nitrogens with two attached hydrogens (primary N) is 1. The van der Waals surface area contributed by atoms with E-state index in [1.807, 2.05) is 0 Å². The topological polar surface area (TPSA) is 35.2 Å². The van der Waals surface area contributed by atoms with Crippen LogP contribution in [0.3, 0.4) is 0 Å². The first-order valence-electron chi connectivity index (χ1n) is 5.03. The second-order valence-corrected chi connectivity index (χ2v) is 4.24. The van der Waals surface area contributed by atoms with Crippen molar-refractivity contribution in [3.63, 3.8) is 0 Å². The van der Waals surface area contributed by atoms with Crippen molar-refractivity contribution >= 4 is 0 Å². The zero-order valence-corrected chi connectivity index (χ0v) is 8.31. The second-order valence-electron chi connectivity index (χ2n) is 4.24. The average Bonchev–Trinajstić information content (AvgIpc) is 2.05. The summed E-state index contributed by atoms with van der Waals surface area (Å²) >= 11 is 0. The molecule has 72 valence electrons. The fourth-order valence-corrected chi connectivity index (χ4v) is 1.87. The van der Waals surface area contributed by atoms with Gasteiger partial charge in [0, 0.05) is 12.1 Å². The molecule has 2 nitrogen and oxygen atoms in total. The van der Waals surface area contributed by atoms with Gasteiger partial charge in [-0.05, 0) is 25.2 Å². The predicted octanol–water partition coefficient (Wildman–Crippen LogP) is 1.93. The molecule has 0 aromatic rings. The Hall–Kier alpha value is -0.0800.